The monoisotopic (exact) mass is 326 g/mol. The minimum Gasteiger partial charge on any atom is -0.290 e. The number of unbranched alkanes of at least 4 members (excludes halogenated alkanes) is 3. The quantitative estimate of drug-likeness (QED) is 0.389. The van der Waals surface area contributed by atoms with Gasteiger partial charge in [0.25, 0.3) is 0 Å². The van der Waals surface area contributed by atoms with Crippen LogP contribution in [0.4, 0.5) is 0 Å². The molecule has 0 aromatic heterocycles. The third-order valence-corrected chi connectivity index (χ3v) is 5.72. The van der Waals surface area contributed by atoms with Crippen LogP contribution in [0.5, 0.6) is 0 Å². The maximum Gasteiger partial charge on any atom is 0.211 e. The van der Waals surface area contributed by atoms with Gasteiger partial charge in [0.1, 0.15) is 0 Å². The van der Waals surface area contributed by atoms with Gasteiger partial charge < -0.3 is 0 Å². The Morgan fingerprint density at radius 2 is 1.88 bits per heavy atom. The number of ketones is 2. The summed E-state index contributed by atoms with van der Waals surface area (Å²) < 4.78 is 0. The first kappa shape index (κ1) is 18.7. The van der Waals surface area contributed by atoms with Gasteiger partial charge in [-0.25, -0.2) is 0 Å². The van der Waals surface area contributed by atoms with Crippen LogP contribution in [-0.4, -0.2) is 11.6 Å². The zero-order valence-corrected chi connectivity index (χ0v) is 15.4. The van der Waals surface area contributed by atoms with Crippen LogP contribution >= 0.6 is 0 Å². The molecule has 2 heteroatoms. The lowest BCUT2D eigenvalue weighted by Crippen LogP contribution is -2.29. The molecule has 2 atom stereocenters. The molecule has 130 valence electrons. The van der Waals surface area contributed by atoms with Crippen LogP contribution in [-0.2, 0) is 9.59 Å². The number of carbonyl (C=O) groups excluding carboxylic acids is 2. The second-order valence-corrected chi connectivity index (χ2v) is 7.58. The summed E-state index contributed by atoms with van der Waals surface area (Å²) >= 11 is 0. The van der Waals surface area contributed by atoms with E-state index in [2.05, 4.69) is 32.6 Å². The summed E-state index contributed by atoms with van der Waals surface area (Å²) in [6, 6.07) is 0. The van der Waals surface area contributed by atoms with Crippen molar-refractivity contribution >= 4 is 11.6 Å². The zero-order valence-electron chi connectivity index (χ0n) is 15.4. The summed E-state index contributed by atoms with van der Waals surface area (Å²) in [5, 5.41) is 0. The van der Waals surface area contributed by atoms with Gasteiger partial charge in [0, 0.05) is 17.3 Å². The molecule has 2 aliphatic carbocycles. The molecule has 0 bridgehead atoms. The standard InChI is InChI=1S/C22H30O2/c1-4-6-8-9-10-20(24)22(13-7-5-2)16-18(3)21(17-22)14-11-19(23)12-15-21/h11-12,14-15,18H,4-8,13,16-17H2,1-3H3/t18-,22-/m0/s1. The number of carbonyl (C=O) groups is 2. The van der Waals surface area contributed by atoms with Crippen molar-refractivity contribution in [3.63, 3.8) is 0 Å². The molecule has 0 heterocycles. The molecule has 2 nitrogen and oxygen atoms in total. The van der Waals surface area contributed by atoms with Crippen LogP contribution in [0.1, 0.15) is 72.1 Å². The molecule has 0 aliphatic heterocycles. The molecule has 2 aliphatic rings. The number of allylic oxidation sites excluding steroid dienone is 4. The van der Waals surface area contributed by atoms with Gasteiger partial charge in [-0.3, -0.25) is 9.59 Å². The molecular formula is C22H30O2. The van der Waals surface area contributed by atoms with Crippen molar-refractivity contribution < 1.29 is 9.59 Å². The first-order valence-electron chi connectivity index (χ1n) is 9.44. The first-order chi connectivity index (χ1) is 11.5. The van der Waals surface area contributed by atoms with E-state index in [1.54, 1.807) is 12.2 Å². The predicted octanol–water partition coefficient (Wildman–Crippen LogP) is 5.04. The fourth-order valence-corrected chi connectivity index (χ4v) is 4.17. The molecule has 24 heavy (non-hydrogen) atoms. The molecule has 1 fully saturated rings. The normalized spacial score (nSPS) is 27.3. The fourth-order valence-electron chi connectivity index (χ4n) is 4.17. The number of rotatable bonds is 6. The van der Waals surface area contributed by atoms with Gasteiger partial charge in [-0.15, -0.1) is 0 Å². The van der Waals surface area contributed by atoms with Crippen LogP contribution < -0.4 is 0 Å². The van der Waals surface area contributed by atoms with Crippen LogP contribution in [0.2, 0.25) is 0 Å². The highest BCUT2D eigenvalue weighted by molar-refractivity contribution is 6.02. The highest BCUT2D eigenvalue weighted by Gasteiger charge is 2.53. The first-order valence-corrected chi connectivity index (χ1v) is 9.44. The molecule has 1 spiro atoms. The minimum atomic E-state index is -0.344. The van der Waals surface area contributed by atoms with Gasteiger partial charge in [-0.1, -0.05) is 58.1 Å². The highest BCUT2D eigenvalue weighted by Crippen LogP contribution is 2.58. The van der Waals surface area contributed by atoms with Crippen LogP contribution in [0, 0.1) is 28.6 Å². The van der Waals surface area contributed by atoms with E-state index in [4.69, 9.17) is 0 Å². The summed E-state index contributed by atoms with van der Waals surface area (Å²) in [5.41, 5.74) is -0.494. The number of hydrogen-bond acceptors (Lipinski definition) is 2. The van der Waals surface area contributed by atoms with E-state index in [9.17, 15) is 9.59 Å². The summed E-state index contributed by atoms with van der Waals surface area (Å²) in [4.78, 5) is 24.5. The van der Waals surface area contributed by atoms with Crippen molar-refractivity contribution in [3.05, 3.63) is 24.3 Å². The Labute approximate surface area is 146 Å². The van der Waals surface area contributed by atoms with Gasteiger partial charge in [0.15, 0.2) is 5.78 Å². The Balaban J connectivity index is 2.24. The van der Waals surface area contributed by atoms with E-state index >= 15 is 0 Å². The van der Waals surface area contributed by atoms with Crippen molar-refractivity contribution in [1.82, 2.24) is 0 Å². The van der Waals surface area contributed by atoms with E-state index in [1.165, 1.54) is 0 Å². The topological polar surface area (TPSA) is 34.1 Å². The van der Waals surface area contributed by atoms with Gasteiger partial charge in [-0.05, 0) is 49.7 Å². The molecule has 0 aromatic rings. The summed E-state index contributed by atoms with van der Waals surface area (Å²) in [6.45, 7) is 6.51. The fraction of sp³-hybridized carbons (Fsp3) is 0.636. The van der Waals surface area contributed by atoms with E-state index in [-0.39, 0.29) is 22.4 Å². The van der Waals surface area contributed by atoms with Crippen LogP contribution in [0.3, 0.4) is 0 Å². The van der Waals surface area contributed by atoms with Crippen molar-refractivity contribution in [2.24, 2.45) is 16.7 Å². The largest absolute Gasteiger partial charge is 0.290 e. The molecule has 0 N–H and O–H groups in total. The molecule has 0 amide bonds. The second-order valence-electron chi connectivity index (χ2n) is 7.58. The lowest BCUT2D eigenvalue weighted by molar-refractivity contribution is -0.123. The molecule has 0 aromatic carbocycles. The van der Waals surface area contributed by atoms with E-state index in [1.807, 2.05) is 12.2 Å². The highest BCUT2D eigenvalue weighted by atomic mass is 16.1. The van der Waals surface area contributed by atoms with Crippen LogP contribution in [0.25, 0.3) is 0 Å². The van der Waals surface area contributed by atoms with E-state index in [0.29, 0.717) is 5.92 Å². The zero-order chi connectivity index (χ0) is 17.6. The molecule has 0 radical (unpaired) electrons. The van der Waals surface area contributed by atoms with Crippen molar-refractivity contribution in [3.8, 4) is 11.8 Å². The smallest absolute Gasteiger partial charge is 0.211 e. The Bertz CT molecular complexity index is 583. The Morgan fingerprint density at radius 3 is 2.50 bits per heavy atom. The number of Topliss-reactive ketones (excluding diaryl/α,β-unsaturated/α-hetero) is 1. The minimum absolute atomic E-state index is 0.0459. The Hall–Kier alpha value is -1.62. The average molecular weight is 326 g/mol. The summed E-state index contributed by atoms with van der Waals surface area (Å²) in [6.07, 6.45) is 15.1. The molecule has 0 saturated heterocycles. The second kappa shape index (κ2) is 7.97. The van der Waals surface area contributed by atoms with Gasteiger partial charge in [-0.2, -0.15) is 0 Å². The molecule has 2 rings (SSSR count). The van der Waals surface area contributed by atoms with Crippen molar-refractivity contribution in [1.29, 1.82) is 0 Å². The van der Waals surface area contributed by atoms with Gasteiger partial charge in [0.05, 0.1) is 0 Å². The number of hydrogen-bond donors (Lipinski definition) is 0. The van der Waals surface area contributed by atoms with E-state index < -0.39 is 0 Å². The molecular weight excluding hydrogens is 296 g/mol. The lowest BCUT2D eigenvalue weighted by Gasteiger charge is -2.30. The SMILES string of the molecule is CCCCC#CC(=O)[C@@]1(CCCC)C[C@H](C)C2(C=CC(=O)C=C2)C1. The van der Waals surface area contributed by atoms with E-state index in [0.717, 1.165) is 51.4 Å². The van der Waals surface area contributed by atoms with Crippen molar-refractivity contribution in [2.75, 3.05) is 0 Å². The third kappa shape index (κ3) is 3.89. The Morgan fingerprint density at radius 1 is 1.21 bits per heavy atom. The maximum absolute atomic E-state index is 13.0. The molecule has 1 saturated carbocycles. The third-order valence-electron chi connectivity index (χ3n) is 5.72. The summed E-state index contributed by atoms with van der Waals surface area (Å²) in [5.74, 6) is 6.57. The van der Waals surface area contributed by atoms with Gasteiger partial charge in [0.2, 0.25) is 5.78 Å². The average Bonchev–Trinajstić information content (AvgIpc) is 2.86. The van der Waals surface area contributed by atoms with Crippen molar-refractivity contribution in [2.45, 2.75) is 72.1 Å². The van der Waals surface area contributed by atoms with Gasteiger partial charge >= 0.3 is 0 Å². The van der Waals surface area contributed by atoms with Crippen LogP contribution in [0.15, 0.2) is 24.3 Å². The molecule has 0 unspecified atom stereocenters. The lowest BCUT2D eigenvalue weighted by atomic mass is 9.72. The maximum atomic E-state index is 13.0. The Kier molecular flexibility index (Phi) is 6.21. The summed E-state index contributed by atoms with van der Waals surface area (Å²) in [7, 11) is 0. The predicted molar refractivity (Wildman–Crippen MR) is 98.4 cm³/mol.